The van der Waals surface area contributed by atoms with Gasteiger partial charge in [-0.25, -0.2) is 0 Å². The van der Waals surface area contributed by atoms with Gasteiger partial charge in [0.15, 0.2) is 0 Å². The third kappa shape index (κ3) is 2.73. The van der Waals surface area contributed by atoms with Crippen LogP contribution in [0.2, 0.25) is 0 Å². The first-order valence-electron chi connectivity index (χ1n) is 7.44. The van der Waals surface area contributed by atoms with E-state index in [0.29, 0.717) is 18.5 Å². The molecule has 2 N–H and O–H groups in total. The van der Waals surface area contributed by atoms with Crippen LogP contribution < -0.4 is 5.73 Å². The molecule has 0 spiro atoms. The molecule has 1 aromatic rings. The van der Waals surface area contributed by atoms with Crippen molar-refractivity contribution in [2.24, 2.45) is 11.7 Å². The van der Waals surface area contributed by atoms with Gasteiger partial charge in [-0.1, -0.05) is 29.8 Å². The van der Waals surface area contributed by atoms with Crippen molar-refractivity contribution < 1.29 is 4.79 Å². The molecule has 0 radical (unpaired) electrons. The highest BCUT2D eigenvalue weighted by Crippen LogP contribution is 2.31. The Morgan fingerprint density at radius 2 is 1.95 bits per heavy atom. The first kappa shape index (κ1) is 15.0. The summed E-state index contributed by atoms with van der Waals surface area (Å²) in [6.07, 6.45) is 1.02. The van der Waals surface area contributed by atoms with Crippen LogP contribution in [0.5, 0.6) is 0 Å². The largest absolute Gasteiger partial charge is 0.339 e. The second-order valence-electron chi connectivity index (χ2n) is 6.63. The average molecular weight is 274 g/mol. The third-order valence-corrected chi connectivity index (χ3v) is 4.56. The van der Waals surface area contributed by atoms with Crippen LogP contribution in [0.4, 0.5) is 0 Å². The normalized spacial score (nSPS) is 23.1. The molecule has 1 amide bonds. The van der Waals surface area contributed by atoms with Crippen LogP contribution in [-0.4, -0.2) is 29.9 Å². The van der Waals surface area contributed by atoms with Crippen LogP contribution in [0, 0.1) is 12.8 Å². The summed E-state index contributed by atoms with van der Waals surface area (Å²) in [5, 5.41) is 0. The molecule has 1 aliphatic rings. The zero-order valence-corrected chi connectivity index (χ0v) is 13.0. The maximum absolute atomic E-state index is 12.9. The molecule has 3 heteroatoms. The molecule has 1 aromatic carbocycles. The molecule has 110 valence electrons. The number of likely N-dealkylation sites (tertiary alicyclic amines) is 1. The Morgan fingerprint density at radius 1 is 1.35 bits per heavy atom. The van der Waals surface area contributed by atoms with Crippen molar-refractivity contribution >= 4 is 5.91 Å². The standard InChI is InChI=1S/C17H26N2O/c1-12-5-7-15(8-6-12)17(3,4)16(20)19-11-14(10-18)9-13(19)2/h5-8,13-14H,9-11,18H2,1-4H3. The van der Waals surface area contributed by atoms with Gasteiger partial charge in [0.1, 0.15) is 0 Å². The Bertz CT molecular complexity index is 478. The zero-order valence-electron chi connectivity index (χ0n) is 13.0. The van der Waals surface area contributed by atoms with Crippen LogP contribution >= 0.6 is 0 Å². The van der Waals surface area contributed by atoms with Crippen molar-refractivity contribution in [3.05, 3.63) is 35.4 Å². The maximum Gasteiger partial charge on any atom is 0.232 e. The quantitative estimate of drug-likeness (QED) is 0.920. The number of carbonyl (C=O) groups is 1. The number of nitrogens with zero attached hydrogens (tertiary/aromatic N) is 1. The second-order valence-corrected chi connectivity index (χ2v) is 6.63. The maximum atomic E-state index is 12.9. The fourth-order valence-electron chi connectivity index (χ4n) is 3.05. The SMILES string of the molecule is Cc1ccc(C(C)(C)C(=O)N2CC(CN)CC2C)cc1. The molecular weight excluding hydrogens is 248 g/mol. The Hall–Kier alpha value is -1.35. The summed E-state index contributed by atoms with van der Waals surface area (Å²) in [6.45, 7) is 9.68. The molecular formula is C17H26N2O. The van der Waals surface area contributed by atoms with Crippen molar-refractivity contribution in [1.82, 2.24) is 4.90 Å². The smallest absolute Gasteiger partial charge is 0.232 e. The molecule has 3 nitrogen and oxygen atoms in total. The molecule has 2 unspecified atom stereocenters. The van der Waals surface area contributed by atoms with E-state index in [1.807, 2.05) is 18.7 Å². The summed E-state index contributed by atoms with van der Waals surface area (Å²) in [5.41, 5.74) is 7.57. The van der Waals surface area contributed by atoms with Gasteiger partial charge in [-0.2, -0.15) is 0 Å². The van der Waals surface area contributed by atoms with Gasteiger partial charge in [-0.3, -0.25) is 4.79 Å². The topological polar surface area (TPSA) is 46.3 Å². The lowest BCUT2D eigenvalue weighted by molar-refractivity contribution is -0.136. The van der Waals surface area contributed by atoms with Gasteiger partial charge in [0.05, 0.1) is 5.41 Å². The molecule has 2 atom stereocenters. The van der Waals surface area contributed by atoms with E-state index in [0.717, 1.165) is 18.5 Å². The molecule has 1 heterocycles. The number of nitrogens with two attached hydrogens (primary N) is 1. The fourth-order valence-corrected chi connectivity index (χ4v) is 3.05. The van der Waals surface area contributed by atoms with Gasteiger partial charge in [0, 0.05) is 12.6 Å². The number of benzene rings is 1. The summed E-state index contributed by atoms with van der Waals surface area (Å²) >= 11 is 0. The van der Waals surface area contributed by atoms with E-state index in [2.05, 4.69) is 38.1 Å². The molecule has 0 saturated carbocycles. The number of carbonyl (C=O) groups excluding carboxylic acids is 1. The van der Waals surface area contributed by atoms with Crippen LogP contribution in [0.25, 0.3) is 0 Å². The summed E-state index contributed by atoms with van der Waals surface area (Å²) < 4.78 is 0. The predicted octanol–water partition coefficient (Wildman–Crippen LogP) is 2.47. The Kier molecular flexibility index (Phi) is 4.19. The van der Waals surface area contributed by atoms with Crippen LogP contribution in [0.15, 0.2) is 24.3 Å². The van der Waals surface area contributed by atoms with Gasteiger partial charge in [0.2, 0.25) is 5.91 Å². The van der Waals surface area contributed by atoms with Gasteiger partial charge in [-0.15, -0.1) is 0 Å². The molecule has 2 rings (SSSR count). The molecule has 1 saturated heterocycles. The highest BCUT2D eigenvalue weighted by atomic mass is 16.2. The monoisotopic (exact) mass is 274 g/mol. The molecule has 1 aliphatic heterocycles. The molecule has 0 bridgehead atoms. The number of hydrogen-bond acceptors (Lipinski definition) is 2. The minimum absolute atomic E-state index is 0.213. The lowest BCUT2D eigenvalue weighted by Crippen LogP contribution is -2.45. The highest BCUT2D eigenvalue weighted by molar-refractivity contribution is 5.87. The van der Waals surface area contributed by atoms with Crippen molar-refractivity contribution in [2.45, 2.75) is 45.6 Å². The minimum Gasteiger partial charge on any atom is -0.339 e. The lowest BCUT2D eigenvalue weighted by Gasteiger charge is -2.32. The molecule has 0 aliphatic carbocycles. The summed E-state index contributed by atoms with van der Waals surface area (Å²) in [5.74, 6) is 0.660. The Morgan fingerprint density at radius 3 is 2.45 bits per heavy atom. The van der Waals surface area contributed by atoms with Gasteiger partial charge in [0.25, 0.3) is 0 Å². The average Bonchev–Trinajstić information content (AvgIpc) is 2.79. The third-order valence-electron chi connectivity index (χ3n) is 4.56. The van der Waals surface area contributed by atoms with E-state index in [9.17, 15) is 4.79 Å². The predicted molar refractivity (Wildman–Crippen MR) is 82.5 cm³/mol. The lowest BCUT2D eigenvalue weighted by atomic mass is 9.82. The zero-order chi connectivity index (χ0) is 14.9. The summed E-state index contributed by atoms with van der Waals surface area (Å²) in [6, 6.07) is 8.56. The van der Waals surface area contributed by atoms with Crippen molar-refractivity contribution in [3.8, 4) is 0 Å². The summed E-state index contributed by atoms with van der Waals surface area (Å²) in [7, 11) is 0. The number of amides is 1. The van der Waals surface area contributed by atoms with Crippen LogP contribution in [0.3, 0.4) is 0 Å². The Labute approximate surface area is 122 Å². The van der Waals surface area contributed by atoms with E-state index in [1.165, 1.54) is 5.56 Å². The van der Waals surface area contributed by atoms with Crippen LogP contribution in [-0.2, 0) is 10.2 Å². The van der Waals surface area contributed by atoms with Gasteiger partial charge < -0.3 is 10.6 Å². The Balaban J connectivity index is 2.21. The van der Waals surface area contributed by atoms with E-state index < -0.39 is 5.41 Å². The molecule has 1 fully saturated rings. The van der Waals surface area contributed by atoms with E-state index in [1.54, 1.807) is 0 Å². The van der Waals surface area contributed by atoms with E-state index in [-0.39, 0.29) is 5.91 Å². The minimum atomic E-state index is -0.481. The number of rotatable bonds is 3. The van der Waals surface area contributed by atoms with Crippen molar-refractivity contribution in [1.29, 1.82) is 0 Å². The first-order valence-corrected chi connectivity index (χ1v) is 7.44. The first-order chi connectivity index (χ1) is 9.36. The van der Waals surface area contributed by atoms with Crippen molar-refractivity contribution in [2.75, 3.05) is 13.1 Å². The second kappa shape index (κ2) is 5.57. The number of hydrogen-bond donors (Lipinski definition) is 1. The van der Waals surface area contributed by atoms with Crippen molar-refractivity contribution in [3.63, 3.8) is 0 Å². The van der Waals surface area contributed by atoms with E-state index >= 15 is 0 Å². The van der Waals surface area contributed by atoms with Gasteiger partial charge >= 0.3 is 0 Å². The van der Waals surface area contributed by atoms with Crippen LogP contribution in [0.1, 0.15) is 38.3 Å². The van der Waals surface area contributed by atoms with E-state index in [4.69, 9.17) is 5.73 Å². The molecule has 0 aromatic heterocycles. The number of aryl methyl sites for hydroxylation is 1. The summed E-state index contributed by atoms with van der Waals surface area (Å²) in [4.78, 5) is 14.9. The fraction of sp³-hybridized carbons (Fsp3) is 0.588. The highest BCUT2D eigenvalue weighted by Gasteiger charge is 2.39. The van der Waals surface area contributed by atoms with Gasteiger partial charge in [-0.05, 0) is 52.1 Å². The molecule has 20 heavy (non-hydrogen) atoms.